The van der Waals surface area contributed by atoms with E-state index in [4.69, 9.17) is 10.5 Å². The minimum Gasteiger partial charge on any atom is -0.457 e. The highest BCUT2D eigenvalue weighted by atomic mass is 16.5. The number of ether oxygens (including phenoxy) is 1. The van der Waals surface area contributed by atoms with Crippen LogP contribution in [0, 0.1) is 0 Å². The smallest absolute Gasteiger partial charge is 0.254 e. The number of nitrogens with one attached hydrogen (secondary N) is 2. The summed E-state index contributed by atoms with van der Waals surface area (Å²) in [6.07, 6.45) is 3.57. The molecular formula is C20H19N5O2. The first kappa shape index (κ1) is 16.8. The fourth-order valence-electron chi connectivity index (χ4n) is 2.51. The molecule has 136 valence electrons. The number of carbonyl (C=O) groups excluding carboxylic acids is 1. The molecule has 27 heavy (non-hydrogen) atoms. The summed E-state index contributed by atoms with van der Waals surface area (Å²) in [5.41, 5.74) is 6.50. The molecule has 0 saturated heterocycles. The van der Waals surface area contributed by atoms with Gasteiger partial charge in [0.25, 0.3) is 5.91 Å². The van der Waals surface area contributed by atoms with Crippen molar-refractivity contribution in [2.24, 2.45) is 5.73 Å². The predicted octanol–water partition coefficient (Wildman–Crippen LogP) is 3.69. The van der Waals surface area contributed by atoms with Gasteiger partial charge in [-0.15, -0.1) is 0 Å². The lowest BCUT2D eigenvalue weighted by molar-refractivity contribution is 0.100. The number of nitrogens with zero attached hydrogens (tertiary/aromatic N) is 2. The average Bonchev–Trinajstić information content (AvgIpc) is 3.48. The van der Waals surface area contributed by atoms with E-state index in [1.54, 1.807) is 0 Å². The lowest BCUT2D eigenvalue weighted by Crippen LogP contribution is -2.17. The summed E-state index contributed by atoms with van der Waals surface area (Å²) < 4.78 is 5.78. The van der Waals surface area contributed by atoms with Crippen molar-refractivity contribution in [2.45, 2.75) is 18.9 Å². The summed E-state index contributed by atoms with van der Waals surface area (Å²) in [7, 11) is 0. The molecule has 4 N–H and O–H groups in total. The van der Waals surface area contributed by atoms with Crippen molar-refractivity contribution < 1.29 is 9.53 Å². The number of anilines is 3. The van der Waals surface area contributed by atoms with Gasteiger partial charge in [0.15, 0.2) is 0 Å². The molecule has 1 heterocycles. The van der Waals surface area contributed by atoms with Crippen molar-refractivity contribution >= 4 is 23.4 Å². The summed E-state index contributed by atoms with van der Waals surface area (Å²) in [5, 5.41) is 6.34. The van der Waals surface area contributed by atoms with Crippen LogP contribution < -0.4 is 21.1 Å². The Hall–Kier alpha value is -3.61. The van der Waals surface area contributed by atoms with Gasteiger partial charge in [-0.25, -0.2) is 4.98 Å². The Morgan fingerprint density at radius 1 is 1.04 bits per heavy atom. The number of hydrogen-bond donors (Lipinski definition) is 3. The molecule has 7 heteroatoms. The van der Waals surface area contributed by atoms with E-state index in [-0.39, 0.29) is 0 Å². The Balaban J connectivity index is 1.47. The van der Waals surface area contributed by atoms with Crippen molar-refractivity contribution in [3.05, 3.63) is 66.4 Å². The monoisotopic (exact) mass is 361 g/mol. The van der Waals surface area contributed by atoms with Gasteiger partial charge in [0.05, 0.1) is 5.56 Å². The third-order valence-electron chi connectivity index (χ3n) is 4.06. The van der Waals surface area contributed by atoms with E-state index in [2.05, 4.69) is 20.6 Å². The lowest BCUT2D eigenvalue weighted by atomic mass is 10.3. The summed E-state index contributed by atoms with van der Waals surface area (Å²) >= 11 is 0. The van der Waals surface area contributed by atoms with Gasteiger partial charge in [-0.3, -0.25) is 4.79 Å². The van der Waals surface area contributed by atoms with Gasteiger partial charge < -0.3 is 21.1 Å². The van der Waals surface area contributed by atoms with Crippen LogP contribution in [0.2, 0.25) is 0 Å². The molecule has 1 aliphatic rings. The highest BCUT2D eigenvalue weighted by molar-refractivity contribution is 5.97. The Kier molecular flexibility index (Phi) is 4.57. The van der Waals surface area contributed by atoms with E-state index < -0.39 is 5.91 Å². The standard InChI is InChI=1S/C20H19N5O2/c21-18(26)17-12-22-20(25-19(17)23-13-6-7-13)24-14-8-10-16(11-9-14)27-15-4-2-1-3-5-15/h1-5,8-13H,6-7H2,(H2,21,26)(H2,22,23,24,25). The van der Waals surface area contributed by atoms with E-state index in [9.17, 15) is 4.79 Å². The molecule has 4 rings (SSSR count). The third-order valence-corrected chi connectivity index (χ3v) is 4.06. The predicted molar refractivity (Wildman–Crippen MR) is 103 cm³/mol. The molecule has 1 amide bonds. The minimum absolute atomic E-state index is 0.291. The molecule has 1 fully saturated rings. The Morgan fingerprint density at radius 2 is 1.74 bits per heavy atom. The number of para-hydroxylation sites is 1. The molecular weight excluding hydrogens is 342 g/mol. The molecule has 7 nitrogen and oxygen atoms in total. The molecule has 3 aromatic rings. The van der Waals surface area contributed by atoms with Crippen LogP contribution in [0.1, 0.15) is 23.2 Å². The zero-order valence-electron chi connectivity index (χ0n) is 14.6. The molecule has 2 aromatic carbocycles. The van der Waals surface area contributed by atoms with Gasteiger partial charge in [-0.2, -0.15) is 4.98 Å². The second kappa shape index (κ2) is 7.33. The van der Waals surface area contributed by atoms with Crippen LogP contribution in [0.4, 0.5) is 17.5 Å². The normalized spacial score (nSPS) is 13.0. The van der Waals surface area contributed by atoms with Crippen LogP contribution in [0.5, 0.6) is 11.5 Å². The zero-order chi connectivity index (χ0) is 18.6. The maximum absolute atomic E-state index is 11.5. The van der Waals surface area contributed by atoms with Crippen LogP contribution in [0.3, 0.4) is 0 Å². The zero-order valence-corrected chi connectivity index (χ0v) is 14.6. The van der Waals surface area contributed by atoms with Crippen molar-refractivity contribution in [1.82, 2.24) is 9.97 Å². The van der Waals surface area contributed by atoms with Crippen LogP contribution in [-0.2, 0) is 0 Å². The summed E-state index contributed by atoms with van der Waals surface area (Å²) in [6, 6.07) is 17.4. The third kappa shape index (κ3) is 4.33. The topological polar surface area (TPSA) is 102 Å². The molecule has 0 bridgehead atoms. The molecule has 0 unspecified atom stereocenters. The van der Waals surface area contributed by atoms with Gasteiger partial charge >= 0.3 is 0 Å². The molecule has 0 aliphatic heterocycles. The van der Waals surface area contributed by atoms with Gasteiger partial charge in [0.1, 0.15) is 17.3 Å². The second-order valence-electron chi connectivity index (χ2n) is 6.30. The van der Waals surface area contributed by atoms with Gasteiger partial charge in [0, 0.05) is 17.9 Å². The molecule has 1 saturated carbocycles. The molecule has 1 aromatic heterocycles. The van der Waals surface area contributed by atoms with E-state index >= 15 is 0 Å². The Morgan fingerprint density at radius 3 is 2.41 bits per heavy atom. The van der Waals surface area contributed by atoms with Crippen molar-refractivity contribution in [1.29, 1.82) is 0 Å². The van der Waals surface area contributed by atoms with Crippen LogP contribution in [0.25, 0.3) is 0 Å². The average molecular weight is 361 g/mol. The first-order chi connectivity index (χ1) is 13.2. The van der Waals surface area contributed by atoms with Crippen molar-refractivity contribution in [3.8, 4) is 11.5 Å². The fourth-order valence-corrected chi connectivity index (χ4v) is 2.51. The number of hydrogen-bond acceptors (Lipinski definition) is 6. The highest BCUT2D eigenvalue weighted by Gasteiger charge is 2.24. The van der Waals surface area contributed by atoms with E-state index in [1.807, 2.05) is 54.6 Å². The number of carbonyl (C=O) groups is 1. The minimum atomic E-state index is -0.549. The molecule has 0 radical (unpaired) electrons. The van der Waals surface area contributed by atoms with E-state index in [0.717, 1.165) is 30.0 Å². The van der Waals surface area contributed by atoms with Gasteiger partial charge in [0.2, 0.25) is 5.95 Å². The first-order valence-electron chi connectivity index (χ1n) is 8.71. The Bertz CT molecular complexity index is 940. The number of rotatable bonds is 7. The van der Waals surface area contributed by atoms with Gasteiger partial charge in [-0.05, 0) is 49.2 Å². The SMILES string of the molecule is NC(=O)c1cnc(Nc2ccc(Oc3ccccc3)cc2)nc1NC1CC1. The number of benzene rings is 2. The second-order valence-corrected chi connectivity index (χ2v) is 6.30. The number of aromatic nitrogens is 2. The summed E-state index contributed by atoms with van der Waals surface area (Å²) in [4.78, 5) is 20.1. The van der Waals surface area contributed by atoms with Crippen LogP contribution in [0.15, 0.2) is 60.8 Å². The van der Waals surface area contributed by atoms with Gasteiger partial charge in [-0.1, -0.05) is 18.2 Å². The molecule has 0 spiro atoms. The summed E-state index contributed by atoms with van der Waals surface area (Å²) in [5.74, 6) is 1.81. The van der Waals surface area contributed by atoms with E-state index in [1.165, 1.54) is 6.20 Å². The van der Waals surface area contributed by atoms with Crippen LogP contribution in [-0.4, -0.2) is 21.9 Å². The molecule has 0 atom stereocenters. The summed E-state index contributed by atoms with van der Waals surface area (Å²) in [6.45, 7) is 0. The fraction of sp³-hybridized carbons (Fsp3) is 0.150. The van der Waals surface area contributed by atoms with E-state index in [0.29, 0.717) is 23.4 Å². The number of primary amides is 1. The maximum Gasteiger partial charge on any atom is 0.254 e. The first-order valence-corrected chi connectivity index (χ1v) is 8.71. The lowest BCUT2D eigenvalue weighted by Gasteiger charge is -2.11. The van der Waals surface area contributed by atoms with Crippen molar-refractivity contribution in [3.63, 3.8) is 0 Å². The maximum atomic E-state index is 11.5. The number of amides is 1. The highest BCUT2D eigenvalue weighted by Crippen LogP contribution is 2.27. The largest absolute Gasteiger partial charge is 0.457 e. The van der Waals surface area contributed by atoms with Crippen LogP contribution >= 0.6 is 0 Å². The Labute approximate surface area is 156 Å². The number of nitrogens with two attached hydrogens (primary N) is 1. The molecule has 1 aliphatic carbocycles. The quantitative estimate of drug-likeness (QED) is 0.593. The van der Waals surface area contributed by atoms with Crippen molar-refractivity contribution in [2.75, 3.05) is 10.6 Å².